The summed E-state index contributed by atoms with van der Waals surface area (Å²) in [4.78, 5) is 26.2. The van der Waals surface area contributed by atoms with Crippen molar-refractivity contribution >= 4 is 17.6 Å². The number of imidazole rings is 1. The lowest BCUT2D eigenvalue weighted by atomic mass is 10.1. The maximum atomic E-state index is 11.4. The lowest BCUT2D eigenvalue weighted by molar-refractivity contribution is -0.385. The highest BCUT2D eigenvalue weighted by Crippen LogP contribution is 2.26. The van der Waals surface area contributed by atoms with Gasteiger partial charge >= 0.3 is 0 Å². The molecule has 0 spiro atoms. The molecule has 7 heteroatoms. The van der Waals surface area contributed by atoms with E-state index in [-0.39, 0.29) is 11.4 Å². The second kappa shape index (κ2) is 5.28. The molecule has 7 nitrogen and oxygen atoms in total. The first-order chi connectivity index (χ1) is 10.6. The van der Waals surface area contributed by atoms with Crippen molar-refractivity contribution in [3.63, 3.8) is 0 Å². The van der Waals surface area contributed by atoms with E-state index in [2.05, 4.69) is 4.98 Å². The molecule has 0 amide bonds. The van der Waals surface area contributed by atoms with Crippen LogP contribution in [0.1, 0.15) is 10.5 Å². The molecule has 0 aliphatic rings. The highest BCUT2D eigenvalue weighted by Gasteiger charge is 2.16. The third-order valence-corrected chi connectivity index (χ3v) is 3.33. The van der Waals surface area contributed by atoms with Crippen molar-refractivity contribution < 1.29 is 14.5 Å². The summed E-state index contributed by atoms with van der Waals surface area (Å²) in [5, 5.41) is 10.9. The molecule has 3 rings (SSSR count). The Balaban J connectivity index is 2.20. The second-order valence-corrected chi connectivity index (χ2v) is 4.56. The molecular weight excluding hydrogens is 286 g/mol. The number of ether oxygens (including phenoxy) is 1. The normalized spacial score (nSPS) is 10.6. The molecule has 0 saturated heterocycles. The SMILES string of the molecule is COc1ccc(-c2nc3ccc([N+](=O)[O-])cn3c2C=O)cc1. The van der Waals surface area contributed by atoms with E-state index in [1.165, 1.54) is 22.7 Å². The molecule has 0 saturated carbocycles. The number of carbonyl (C=O) groups excluding carboxylic acids is 1. The Morgan fingerprint density at radius 2 is 1.95 bits per heavy atom. The molecule has 0 aliphatic carbocycles. The summed E-state index contributed by atoms with van der Waals surface area (Å²) in [5.41, 5.74) is 1.84. The molecule has 110 valence electrons. The monoisotopic (exact) mass is 297 g/mol. The topological polar surface area (TPSA) is 86.7 Å². The van der Waals surface area contributed by atoms with Crippen molar-refractivity contribution in [3.8, 4) is 17.0 Å². The number of nitro groups is 1. The highest BCUT2D eigenvalue weighted by atomic mass is 16.6. The van der Waals surface area contributed by atoms with Gasteiger partial charge in [0.05, 0.1) is 18.2 Å². The van der Waals surface area contributed by atoms with Gasteiger partial charge in [-0.05, 0) is 30.3 Å². The van der Waals surface area contributed by atoms with Gasteiger partial charge in [-0.3, -0.25) is 19.3 Å². The molecule has 0 radical (unpaired) electrons. The second-order valence-electron chi connectivity index (χ2n) is 4.56. The number of pyridine rings is 1. The van der Waals surface area contributed by atoms with Crippen LogP contribution in [0.5, 0.6) is 5.75 Å². The standard InChI is InChI=1S/C15H11N3O4/c1-22-12-5-2-10(3-6-12)15-13(9-19)17-8-11(18(20)21)4-7-14(17)16-15/h2-9H,1H3. The molecule has 0 fully saturated rings. The fraction of sp³-hybridized carbons (Fsp3) is 0.0667. The van der Waals surface area contributed by atoms with Gasteiger partial charge in [0, 0.05) is 11.6 Å². The molecular formula is C15H11N3O4. The third kappa shape index (κ3) is 2.18. The molecule has 22 heavy (non-hydrogen) atoms. The highest BCUT2D eigenvalue weighted by molar-refractivity contribution is 5.86. The lowest BCUT2D eigenvalue weighted by Gasteiger charge is -2.01. The molecule has 2 aromatic heterocycles. The fourth-order valence-electron chi connectivity index (χ4n) is 2.23. The molecule has 1 aromatic carbocycles. The average molecular weight is 297 g/mol. The van der Waals surface area contributed by atoms with Gasteiger partial charge in [-0.15, -0.1) is 0 Å². The van der Waals surface area contributed by atoms with Crippen LogP contribution in [0.2, 0.25) is 0 Å². The Bertz CT molecular complexity index is 868. The Morgan fingerprint density at radius 1 is 1.23 bits per heavy atom. The molecule has 0 aliphatic heterocycles. The predicted molar refractivity (Wildman–Crippen MR) is 79.2 cm³/mol. The van der Waals surface area contributed by atoms with E-state index in [4.69, 9.17) is 4.74 Å². The maximum absolute atomic E-state index is 11.4. The van der Waals surface area contributed by atoms with Crippen LogP contribution in [-0.2, 0) is 0 Å². The number of aromatic nitrogens is 2. The van der Waals surface area contributed by atoms with E-state index < -0.39 is 4.92 Å². The van der Waals surface area contributed by atoms with Crippen molar-refractivity contribution in [1.29, 1.82) is 0 Å². The molecule has 0 atom stereocenters. The number of fused-ring (bicyclic) bond motifs is 1. The third-order valence-electron chi connectivity index (χ3n) is 3.33. The maximum Gasteiger partial charge on any atom is 0.286 e. The number of hydrogen-bond donors (Lipinski definition) is 0. The minimum Gasteiger partial charge on any atom is -0.497 e. The van der Waals surface area contributed by atoms with Gasteiger partial charge in [-0.25, -0.2) is 4.98 Å². The largest absolute Gasteiger partial charge is 0.497 e. The van der Waals surface area contributed by atoms with Crippen molar-refractivity contribution in [2.24, 2.45) is 0 Å². The van der Waals surface area contributed by atoms with Crippen molar-refractivity contribution in [2.45, 2.75) is 0 Å². The van der Waals surface area contributed by atoms with E-state index >= 15 is 0 Å². The van der Waals surface area contributed by atoms with Gasteiger partial charge in [0.2, 0.25) is 0 Å². The number of hydrogen-bond acceptors (Lipinski definition) is 5. The Hall–Kier alpha value is -3.22. The Kier molecular flexibility index (Phi) is 3.30. The van der Waals surface area contributed by atoms with Crippen LogP contribution in [0.3, 0.4) is 0 Å². The zero-order valence-electron chi connectivity index (χ0n) is 11.6. The molecule has 0 bridgehead atoms. The fourth-order valence-corrected chi connectivity index (χ4v) is 2.23. The first-order valence-electron chi connectivity index (χ1n) is 6.40. The lowest BCUT2D eigenvalue weighted by Crippen LogP contribution is -1.95. The van der Waals surface area contributed by atoms with Crippen LogP contribution in [0.25, 0.3) is 16.9 Å². The number of aldehydes is 1. The van der Waals surface area contributed by atoms with Crippen LogP contribution in [0.15, 0.2) is 42.6 Å². The zero-order chi connectivity index (χ0) is 15.7. The summed E-state index contributed by atoms with van der Waals surface area (Å²) < 4.78 is 6.51. The van der Waals surface area contributed by atoms with E-state index in [0.29, 0.717) is 23.4 Å². The van der Waals surface area contributed by atoms with Crippen LogP contribution in [0.4, 0.5) is 5.69 Å². The summed E-state index contributed by atoms with van der Waals surface area (Å²) in [6.07, 6.45) is 1.93. The van der Waals surface area contributed by atoms with E-state index in [0.717, 1.165) is 5.56 Å². The van der Waals surface area contributed by atoms with E-state index in [1.54, 1.807) is 31.4 Å². The average Bonchev–Trinajstić information content (AvgIpc) is 2.92. The summed E-state index contributed by atoms with van der Waals surface area (Å²) in [6.45, 7) is 0. The van der Waals surface area contributed by atoms with Crippen molar-refractivity contribution in [1.82, 2.24) is 9.38 Å². The van der Waals surface area contributed by atoms with Crippen LogP contribution < -0.4 is 4.74 Å². The van der Waals surface area contributed by atoms with Crippen molar-refractivity contribution in [3.05, 3.63) is 58.4 Å². The number of benzene rings is 1. The number of methoxy groups -OCH3 is 1. The predicted octanol–water partition coefficient (Wildman–Crippen LogP) is 2.73. The molecule has 0 unspecified atom stereocenters. The van der Waals surface area contributed by atoms with Gasteiger partial charge in [0.25, 0.3) is 5.69 Å². The van der Waals surface area contributed by atoms with Crippen LogP contribution in [-0.4, -0.2) is 27.7 Å². The van der Waals surface area contributed by atoms with Crippen LogP contribution in [0, 0.1) is 10.1 Å². The number of rotatable bonds is 4. The number of carbonyl (C=O) groups is 1. The molecule has 2 heterocycles. The first kappa shape index (κ1) is 13.7. The zero-order valence-corrected chi connectivity index (χ0v) is 11.6. The quantitative estimate of drug-likeness (QED) is 0.420. The van der Waals surface area contributed by atoms with E-state index in [1.807, 2.05) is 0 Å². The minimum atomic E-state index is -0.513. The van der Waals surface area contributed by atoms with Gasteiger partial charge < -0.3 is 4.74 Å². The van der Waals surface area contributed by atoms with Crippen LogP contribution >= 0.6 is 0 Å². The van der Waals surface area contributed by atoms with Gasteiger partial charge in [-0.2, -0.15) is 0 Å². The molecule has 3 aromatic rings. The van der Waals surface area contributed by atoms with Gasteiger partial charge in [0.1, 0.15) is 22.8 Å². The smallest absolute Gasteiger partial charge is 0.286 e. The number of nitrogens with zero attached hydrogens (tertiary/aromatic N) is 3. The summed E-state index contributed by atoms with van der Waals surface area (Å²) in [5.74, 6) is 0.691. The molecule has 0 N–H and O–H groups in total. The van der Waals surface area contributed by atoms with Gasteiger partial charge in [-0.1, -0.05) is 0 Å². The minimum absolute atomic E-state index is 0.103. The Morgan fingerprint density at radius 3 is 2.55 bits per heavy atom. The summed E-state index contributed by atoms with van der Waals surface area (Å²) >= 11 is 0. The summed E-state index contributed by atoms with van der Waals surface area (Å²) in [7, 11) is 1.57. The summed E-state index contributed by atoms with van der Waals surface area (Å²) in [6, 6.07) is 9.95. The Labute approximate surface area is 124 Å². The van der Waals surface area contributed by atoms with Gasteiger partial charge in [0.15, 0.2) is 6.29 Å². The first-order valence-corrected chi connectivity index (χ1v) is 6.40. The van der Waals surface area contributed by atoms with Crippen molar-refractivity contribution in [2.75, 3.05) is 7.11 Å². The van der Waals surface area contributed by atoms with E-state index in [9.17, 15) is 14.9 Å².